The van der Waals surface area contributed by atoms with Gasteiger partial charge < -0.3 is 10.1 Å². The molecule has 0 bridgehead atoms. The van der Waals surface area contributed by atoms with Crippen molar-refractivity contribution in [3.05, 3.63) is 24.3 Å². The molecule has 0 fully saturated rings. The van der Waals surface area contributed by atoms with Gasteiger partial charge in [0.05, 0.1) is 0 Å². The first kappa shape index (κ1) is 15.9. The number of para-hydroxylation sites is 1. The lowest BCUT2D eigenvalue weighted by Crippen LogP contribution is -2.24. The van der Waals surface area contributed by atoms with Crippen LogP contribution in [0.25, 0.3) is 0 Å². The summed E-state index contributed by atoms with van der Waals surface area (Å²) < 4.78 is 31.0. The van der Waals surface area contributed by atoms with E-state index in [-0.39, 0.29) is 4.90 Å². The van der Waals surface area contributed by atoms with Crippen molar-refractivity contribution in [3.8, 4) is 5.75 Å². The van der Waals surface area contributed by atoms with Gasteiger partial charge in [0.25, 0.3) is 0 Å². The molecular weight excluding hydrogens is 264 g/mol. The van der Waals surface area contributed by atoms with E-state index in [9.17, 15) is 8.42 Å². The Kier molecular flexibility index (Phi) is 6.27. The second kappa shape index (κ2) is 7.47. The second-order valence-electron chi connectivity index (χ2n) is 4.33. The van der Waals surface area contributed by atoms with Crippen LogP contribution in [0, 0.1) is 0 Å². The molecule has 1 N–H and O–H groups in total. The van der Waals surface area contributed by atoms with Crippen LogP contribution in [0.3, 0.4) is 0 Å². The minimum atomic E-state index is -3.47. The van der Waals surface area contributed by atoms with Crippen LogP contribution in [-0.4, -0.2) is 46.5 Å². The smallest absolute Gasteiger partial charge is 0.246 e. The predicted octanol–water partition coefficient (Wildman–Crippen LogP) is 1.32. The fourth-order valence-corrected chi connectivity index (χ4v) is 2.54. The van der Waals surface area contributed by atoms with Gasteiger partial charge in [-0.05, 0) is 25.1 Å². The maximum Gasteiger partial charge on any atom is 0.246 e. The van der Waals surface area contributed by atoms with E-state index in [2.05, 4.69) is 12.2 Å². The van der Waals surface area contributed by atoms with E-state index in [1.54, 1.807) is 24.3 Å². The van der Waals surface area contributed by atoms with Crippen molar-refractivity contribution in [1.29, 1.82) is 0 Å². The van der Waals surface area contributed by atoms with Gasteiger partial charge in [0, 0.05) is 20.6 Å². The van der Waals surface area contributed by atoms with Gasteiger partial charge in [-0.3, -0.25) is 0 Å². The van der Waals surface area contributed by atoms with Crippen molar-refractivity contribution in [3.63, 3.8) is 0 Å². The van der Waals surface area contributed by atoms with Crippen molar-refractivity contribution in [2.24, 2.45) is 0 Å². The molecule has 0 amide bonds. The monoisotopic (exact) mass is 286 g/mol. The molecule has 0 spiro atoms. The Morgan fingerprint density at radius 1 is 1.21 bits per heavy atom. The molecule has 19 heavy (non-hydrogen) atoms. The standard InChI is InChI=1S/C13H22N2O3S/c1-4-9-14-10-11-18-12-7-5-6-8-13(12)19(16,17)15(2)3/h5-8,14H,4,9-11H2,1-3H3. The Morgan fingerprint density at radius 3 is 2.53 bits per heavy atom. The molecule has 0 saturated carbocycles. The van der Waals surface area contributed by atoms with E-state index in [1.165, 1.54) is 18.4 Å². The number of nitrogens with zero attached hydrogens (tertiary/aromatic N) is 1. The molecule has 0 radical (unpaired) electrons. The predicted molar refractivity (Wildman–Crippen MR) is 76.0 cm³/mol. The van der Waals surface area contributed by atoms with E-state index in [0.29, 0.717) is 18.9 Å². The van der Waals surface area contributed by atoms with Crippen molar-refractivity contribution >= 4 is 10.0 Å². The molecule has 0 aromatic heterocycles. The lowest BCUT2D eigenvalue weighted by molar-refractivity contribution is 0.306. The Balaban J connectivity index is 2.74. The molecule has 0 aliphatic rings. The highest BCUT2D eigenvalue weighted by Gasteiger charge is 2.21. The molecule has 0 aliphatic heterocycles. The number of sulfonamides is 1. The molecule has 1 rings (SSSR count). The van der Waals surface area contributed by atoms with Gasteiger partial charge in [0.1, 0.15) is 17.3 Å². The highest BCUT2D eigenvalue weighted by molar-refractivity contribution is 7.89. The summed E-state index contributed by atoms with van der Waals surface area (Å²) in [6, 6.07) is 6.70. The van der Waals surface area contributed by atoms with Gasteiger partial charge in [-0.2, -0.15) is 0 Å². The first-order valence-corrected chi connectivity index (χ1v) is 7.79. The van der Waals surface area contributed by atoms with Crippen LogP contribution in [0.1, 0.15) is 13.3 Å². The van der Waals surface area contributed by atoms with Crippen LogP contribution < -0.4 is 10.1 Å². The minimum absolute atomic E-state index is 0.204. The summed E-state index contributed by atoms with van der Waals surface area (Å²) in [5.41, 5.74) is 0. The quantitative estimate of drug-likeness (QED) is 0.732. The number of rotatable bonds is 8. The molecule has 0 aliphatic carbocycles. The molecule has 5 nitrogen and oxygen atoms in total. The summed E-state index contributed by atoms with van der Waals surface area (Å²) >= 11 is 0. The molecule has 0 saturated heterocycles. The van der Waals surface area contributed by atoms with Crippen molar-refractivity contribution < 1.29 is 13.2 Å². The molecular formula is C13H22N2O3S. The van der Waals surface area contributed by atoms with E-state index < -0.39 is 10.0 Å². The zero-order chi connectivity index (χ0) is 14.3. The SMILES string of the molecule is CCCNCCOc1ccccc1S(=O)(=O)N(C)C. The third-order valence-corrected chi connectivity index (χ3v) is 4.43. The van der Waals surface area contributed by atoms with Crippen LogP contribution in [0.4, 0.5) is 0 Å². The maximum absolute atomic E-state index is 12.1. The minimum Gasteiger partial charge on any atom is -0.491 e. The number of nitrogens with one attached hydrogen (secondary N) is 1. The zero-order valence-electron chi connectivity index (χ0n) is 11.7. The van der Waals surface area contributed by atoms with Crippen molar-refractivity contribution in [1.82, 2.24) is 9.62 Å². The van der Waals surface area contributed by atoms with Crippen LogP contribution in [0.5, 0.6) is 5.75 Å². The number of ether oxygens (including phenoxy) is 1. The molecule has 108 valence electrons. The summed E-state index contributed by atoms with van der Waals surface area (Å²) in [5.74, 6) is 0.398. The third-order valence-electron chi connectivity index (χ3n) is 2.57. The Morgan fingerprint density at radius 2 is 1.89 bits per heavy atom. The Bertz CT molecular complexity index is 486. The first-order valence-electron chi connectivity index (χ1n) is 6.35. The van der Waals surface area contributed by atoms with E-state index >= 15 is 0 Å². The van der Waals surface area contributed by atoms with Gasteiger partial charge in [0.15, 0.2) is 0 Å². The topological polar surface area (TPSA) is 58.6 Å². The average molecular weight is 286 g/mol. The van der Waals surface area contributed by atoms with E-state index in [4.69, 9.17) is 4.74 Å². The van der Waals surface area contributed by atoms with Crippen LogP contribution in [0.15, 0.2) is 29.2 Å². The first-order chi connectivity index (χ1) is 9.00. The number of benzene rings is 1. The molecule has 1 aromatic rings. The van der Waals surface area contributed by atoms with Crippen molar-refractivity contribution in [2.45, 2.75) is 18.2 Å². The Labute approximate surface area is 115 Å². The average Bonchev–Trinajstić information content (AvgIpc) is 2.38. The van der Waals surface area contributed by atoms with Gasteiger partial charge in [-0.1, -0.05) is 19.1 Å². The number of hydrogen-bond donors (Lipinski definition) is 1. The van der Waals surface area contributed by atoms with Crippen LogP contribution in [-0.2, 0) is 10.0 Å². The second-order valence-corrected chi connectivity index (χ2v) is 6.45. The van der Waals surface area contributed by atoms with Crippen LogP contribution in [0.2, 0.25) is 0 Å². The van der Waals surface area contributed by atoms with Gasteiger partial charge in [-0.25, -0.2) is 12.7 Å². The third kappa shape index (κ3) is 4.49. The molecule has 1 aromatic carbocycles. The highest BCUT2D eigenvalue weighted by atomic mass is 32.2. The molecule has 0 unspecified atom stereocenters. The van der Waals surface area contributed by atoms with Crippen LogP contribution >= 0.6 is 0 Å². The Hall–Kier alpha value is -1.11. The fourth-order valence-electron chi connectivity index (χ4n) is 1.51. The summed E-state index contributed by atoms with van der Waals surface area (Å²) in [4.78, 5) is 0.204. The number of hydrogen-bond acceptors (Lipinski definition) is 4. The van der Waals surface area contributed by atoms with Crippen molar-refractivity contribution in [2.75, 3.05) is 33.8 Å². The maximum atomic E-state index is 12.1. The lowest BCUT2D eigenvalue weighted by atomic mass is 10.3. The lowest BCUT2D eigenvalue weighted by Gasteiger charge is -2.15. The molecule has 0 atom stereocenters. The molecule has 6 heteroatoms. The molecule has 0 heterocycles. The van der Waals surface area contributed by atoms with Gasteiger partial charge >= 0.3 is 0 Å². The van der Waals surface area contributed by atoms with E-state index in [0.717, 1.165) is 13.0 Å². The highest BCUT2D eigenvalue weighted by Crippen LogP contribution is 2.25. The summed E-state index contributed by atoms with van der Waals surface area (Å²) in [6.07, 6.45) is 1.06. The zero-order valence-corrected chi connectivity index (χ0v) is 12.5. The normalized spacial score (nSPS) is 11.8. The summed E-state index contributed by atoms with van der Waals surface area (Å²) in [5, 5.41) is 3.20. The van der Waals surface area contributed by atoms with Gasteiger partial charge in [0.2, 0.25) is 10.0 Å². The fraction of sp³-hybridized carbons (Fsp3) is 0.538. The largest absolute Gasteiger partial charge is 0.491 e. The van der Waals surface area contributed by atoms with Gasteiger partial charge in [-0.15, -0.1) is 0 Å². The summed E-state index contributed by atoms with van der Waals surface area (Å²) in [6.45, 7) is 4.16. The van der Waals surface area contributed by atoms with E-state index in [1.807, 2.05) is 0 Å². The summed E-state index contributed by atoms with van der Waals surface area (Å²) in [7, 11) is -0.449.